The Morgan fingerprint density at radius 1 is 0.951 bits per heavy atom. The van der Waals surface area contributed by atoms with Crippen LogP contribution in [0, 0.1) is 24.7 Å². The van der Waals surface area contributed by atoms with E-state index in [4.69, 9.17) is 4.98 Å². The quantitative estimate of drug-likeness (QED) is 0.261. The van der Waals surface area contributed by atoms with Gasteiger partial charge >= 0.3 is 5.97 Å². The largest absolute Gasteiger partial charge is 0.478 e. The first-order valence-corrected chi connectivity index (χ1v) is 14.1. The fraction of sp³-hybridized carbons (Fsp3) is 0.286. The molecule has 0 bridgehead atoms. The van der Waals surface area contributed by atoms with Crippen molar-refractivity contribution in [1.29, 1.82) is 0 Å². The number of nitrogens with one attached hydrogen (secondary N) is 1. The van der Waals surface area contributed by atoms with E-state index in [2.05, 4.69) is 63.9 Å². The van der Waals surface area contributed by atoms with Gasteiger partial charge in [-0.1, -0.05) is 68.8 Å². The number of allylic oxidation sites excluding steroid dienone is 2. The number of carbonyl (C=O) groups excluding carboxylic acids is 1. The van der Waals surface area contributed by atoms with Crippen molar-refractivity contribution in [2.45, 2.75) is 41.0 Å². The van der Waals surface area contributed by atoms with Crippen molar-refractivity contribution in [3.63, 3.8) is 0 Å². The third-order valence-electron chi connectivity index (χ3n) is 9.05. The number of aromatic carboxylic acids is 1. The number of nitrogens with zero attached hydrogens (tertiary/aromatic N) is 2. The van der Waals surface area contributed by atoms with Gasteiger partial charge in [-0.2, -0.15) is 0 Å². The number of imidazole rings is 1. The Balaban J connectivity index is 1.30. The molecule has 2 heterocycles. The predicted octanol–water partition coefficient (Wildman–Crippen LogP) is 7.45. The maximum absolute atomic E-state index is 14.1. The molecular weight excluding hydrogens is 510 g/mol. The molecule has 2 aliphatic rings. The van der Waals surface area contributed by atoms with Crippen molar-refractivity contribution >= 4 is 28.5 Å². The van der Waals surface area contributed by atoms with E-state index in [1.807, 2.05) is 41.3 Å². The van der Waals surface area contributed by atoms with E-state index in [0.717, 1.165) is 28.6 Å². The first-order chi connectivity index (χ1) is 19.5. The van der Waals surface area contributed by atoms with Gasteiger partial charge in [0, 0.05) is 29.5 Å². The molecule has 2 N–H and O–H groups in total. The van der Waals surface area contributed by atoms with Crippen molar-refractivity contribution in [3.05, 3.63) is 106 Å². The van der Waals surface area contributed by atoms with Gasteiger partial charge in [0.25, 0.3) is 5.91 Å². The SMILES string of the molecule is Cc1cc2nc(-c3ccccc3C(=O)N3CC=C4C(C)(CC=C(c5ccc(C(=O)O)cc5)C4(C)C)C3)[nH]c2cc1C. The summed E-state index contributed by atoms with van der Waals surface area (Å²) in [5.74, 6) is -0.219. The monoisotopic (exact) mass is 545 g/mol. The van der Waals surface area contributed by atoms with Crippen LogP contribution >= 0.6 is 0 Å². The van der Waals surface area contributed by atoms with Gasteiger partial charge in [0.15, 0.2) is 0 Å². The van der Waals surface area contributed by atoms with Gasteiger partial charge in [-0.05, 0) is 72.9 Å². The van der Waals surface area contributed by atoms with Crippen molar-refractivity contribution in [3.8, 4) is 11.4 Å². The van der Waals surface area contributed by atoms with E-state index in [9.17, 15) is 14.7 Å². The number of aromatic amines is 1. The topological polar surface area (TPSA) is 86.3 Å². The second-order valence-corrected chi connectivity index (χ2v) is 12.3. The van der Waals surface area contributed by atoms with E-state index in [1.165, 1.54) is 22.3 Å². The van der Waals surface area contributed by atoms with E-state index in [-0.39, 0.29) is 22.3 Å². The third kappa shape index (κ3) is 4.48. The fourth-order valence-electron chi connectivity index (χ4n) is 6.80. The number of hydrogen-bond acceptors (Lipinski definition) is 3. The number of carboxylic acids is 1. The van der Waals surface area contributed by atoms with E-state index >= 15 is 0 Å². The van der Waals surface area contributed by atoms with Crippen LogP contribution in [0.3, 0.4) is 0 Å². The average molecular weight is 546 g/mol. The molecule has 0 saturated carbocycles. The number of aryl methyl sites for hydroxylation is 2. The molecule has 6 nitrogen and oxygen atoms in total. The number of carbonyl (C=O) groups is 2. The maximum atomic E-state index is 14.1. The number of hydrogen-bond donors (Lipinski definition) is 2. The first kappa shape index (κ1) is 26.8. The standard InChI is InChI=1S/C35H35N3O3/c1-21-18-28-29(19-22(21)2)37-31(36-28)25-8-6-7-9-26(25)32(39)38-17-15-30-34(3,4)27(14-16-35(30,5)20-38)23-10-12-24(13-11-23)33(40)41/h6-15,18-19H,16-17,20H2,1-5H3,(H,36,37)(H,40,41). The molecule has 4 aromatic rings. The Labute approximate surface area is 240 Å². The molecule has 6 rings (SSSR count). The minimum absolute atomic E-state index is 0.00165. The average Bonchev–Trinajstić information content (AvgIpc) is 3.34. The predicted molar refractivity (Wildman–Crippen MR) is 163 cm³/mol. The number of benzene rings is 3. The minimum Gasteiger partial charge on any atom is -0.478 e. The van der Waals surface area contributed by atoms with Gasteiger partial charge in [-0.25, -0.2) is 9.78 Å². The summed E-state index contributed by atoms with van der Waals surface area (Å²) in [4.78, 5) is 35.6. The van der Waals surface area contributed by atoms with Gasteiger partial charge in [0.1, 0.15) is 5.82 Å². The highest BCUT2D eigenvalue weighted by Gasteiger charge is 2.46. The molecule has 1 aromatic heterocycles. The summed E-state index contributed by atoms with van der Waals surface area (Å²) < 4.78 is 0. The number of H-pyrrole nitrogens is 1. The van der Waals surface area contributed by atoms with Crippen LogP contribution < -0.4 is 0 Å². The fourth-order valence-corrected chi connectivity index (χ4v) is 6.80. The van der Waals surface area contributed by atoms with Gasteiger partial charge in [-0.15, -0.1) is 0 Å². The lowest BCUT2D eigenvalue weighted by molar-refractivity contribution is 0.0679. The van der Waals surface area contributed by atoms with Gasteiger partial charge < -0.3 is 15.0 Å². The van der Waals surface area contributed by atoms with Crippen LogP contribution in [0.1, 0.15) is 64.6 Å². The normalized spacial score (nSPS) is 19.9. The highest BCUT2D eigenvalue weighted by atomic mass is 16.4. The Morgan fingerprint density at radius 3 is 2.39 bits per heavy atom. The highest BCUT2D eigenvalue weighted by Crippen LogP contribution is 2.55. The van der Waals surface area contributed by atoms with E-state index in [1.54, 1.807) is 12.1 Å². The van der Waals surface area contributed by atoms with Crippen LogP contribution in [0.15, 0.2) is 78.4 Å². The molecule has 3 aromatic carbocycles. The van der Waals surface area contributed by atoms with Crippen molar-refractivity contribution in [1.82, 2.24) is 14.9 Å². The van der Waals surface area contributed by atoms with Crippen LogP contribution in [-0.2, 0) is 0 Å². The number of fused-ring (bicyclic) bond motifs is 2. The maximum Gasteiger partial charge on any atom is 0.335 e. The van der Waals surface area contributed by atoms with Crippen LogP contribution in [0.5, 0.6) is 0 Å². The zero-order chi connectivity index (χ0) is 29.1. The zero-order valence-corrected chi connectivity index (χ0v) is 24.2. The second kappa shape index (κ2) is 9.58. The highest BCUT2D eigenvalue weighted by molar-refractivity contribution is 6.01. The van der Waals surface area contributed by atoms with Crippen molar-refractivity contribution in [2.75, 3.05) is 13.1 Å². The molecule has 1 unspecified atom stereocenters. The molecular formula is C35H35N3O3. The molecule has 1 amide bonds. The number of aromatic nitrogens is 2. The Kier molecular flexibility index (Phi) is 6.25. The number of amides is 1. The Hall–Kier alpha value is -4.45. The van der Waals surface area contributed by atoms with E-state index < -0.39 is 5.97 Å². The number of carboxylic acid groups (broad SMARTS) is 1. The number of rotatable bonds is 4. The lowest BCUT2D eigenvalue weighted by Gasteiger charge is -2.50. The molecule has 0 radical (unpaired) electrons. The van der Waals surface area contributed by atoms with Crippen LogP contribution in [0.2, 0.25) is 0 Å². The molecule has 208 valence electrons. The van der Waals surface area contributed by atoms with Gasteiger partial charge in [0.05, 0.1) is 22.2 Å². The van der Waals surface area contributed by atoms with Crippen LogP contribution in [0.4, 0.5) is 0 Å². The zero-order valence-electron chi connectivity index (χ0n) is 24.2. The van der Waals surface area contributed by atoms with E-state index in [0.29, 0.717) is 24.5 Å². The second-order valence-electron chi connectivity index (χ2n) is 12.3. The lowest BCUT2D eigenvalue weighted by atomic mass is 9.58. The summed E-state index contributed by atoms with van der Waals surface area (Å²) in [6.45, 7) is 12.0. The first-order valence-electron chi connectivity index (χ1n) is 14.1. The molecule has 0 spiro atoms. The summed E-state index contributed by atoms with van der Waals surface area (Å²) in [5, 5.41) is 9.30. The molecule has 0 saturated heterocycles. The summed E-state index contributed by atoms with van der Waals surface area (Å²) >= 11 is 0. The molecule has 0 fully saturated rings. The molecule has 1 atom stereocenters. The van der Waals surface area contributed by atoms with Crippen molar-refractivity contribution in [2.24, 2.45) is 10.8 Å². The summed E-state index contributed by atoms with van der Waals surface area (Å²) in [6, 6.07) is 19.0. The smallest absolute Gasteiger partial charge is 0.335 e. The van der Waals surface area contributed by atoms with Gasteiger partial charge in [-0.3, -0.25) is 4.79 Å². The van der Waals surface area contributed by atoms with Crippen LogP contribution in [0.25, 0.3) is 28.0 Å². The summed E-state index contributed by atoms with van der Waals surface area (Å²) in [7, 11) is 0. The molecule has 41 heavy (non-hydrogen) atoms. The molecule has 1 aliphatic heterocycles. The third-order valence-corrected chi connectivity index (χ3v) is 9.05. The lowest BCUT2D eigenvalue weighted by Crippen LogP contribution is -2.48. The van der Waals surface area contributed by atoms with Crippen LogP contribution in [-0.4, -0.2) is 44.9 Å². The van der Waals surface area contributed by atoms with Crippen molar-refractivity contribution < 1.29 is 14.7 Å². The summed E-state index contributed by atoms with van der Waals surface area (Å²) in [6.07, 6.45) is 5.30. The minimum atomic E-state index is -0.923. The Morgan fingerprint density at radius 2 is 1.66 bits per heavy atom. The Bertz CT molecular complexity index is 1740. The molecule has 6 heteroatoms. The van der Waals surface area contributed by atoms with Gasteiger partial charge in [0.2, 0.25) is 0 Å². The summed E-state index contributed by atoms with van der Waals surface area (Å²) in [5.41, 5.74) is 9.08. The molecule has 1 aliphatic carbocycles.